The molecule has 1 aliphatic rings. The van der Waals surface area contributed by atoms with E-state index in [1.165, 1.54) is 119 Å². The normalized spacial score (nSPS) is 12.8. The molecule has 0 saturated carbocycles. The molecule has 8 aromatic carbocycles. The Morgan fingerprint density at radius 2 is 0.793 bits per heavy atom. The second-order valence-corrected chi connectivity index (χ2v) is 16.4. The molecule has 0 saturated heterocycles. The van der Waals surface area contributed by atoms with Gasteiger partial charge in [-0.1, -0.05) is 199 Å². The van der Waals surface area contributed by atoms with Gasteiger partial charge in [-0.2, -0.15) is 0 Å². The molecule has 0 unspecified atom stereocenters. The summed E-state index contributed by atoms with van der Waals surface area (Å²) < 4.78 is 0. The molecular formula is C57H55N. The van der Waals surface area contributed by atoms with Crippen LogP contribution in [0.5, 0.6) is 0 Å². The van der Waals surface area contributed by atoms with E-state index >= 15 is 0 Å². The molecule has 288 valence electrons. The van der Waals surface area contributed by atoms with Gasteiger partial charge in [0, 0.05) is 22.5 Å². The highest BCUT2D eigenvalue weighted by Crippen LogP contribution is 2.56. The average Bonchev–Trinajstić information content (AvgIpc) is 3.55. The maximum absolute atomic E-state index is 2.62. The fourth-order valence-electron chi connectivity index (χ4n) is 10.1. The second-order valence-electron chi connectivity index (χ2n) is 16.4. The Balaban J connectivity index is 1.19. The minimum atomic E-state index is 0.0457. The molecule has 0 fully saturated rings. The van der Waals surface area contributed by atoms with Crippen molar-refractivity contribution in [3.63, 3.8) is 0 Å². The van der Waals surface area contributed by atoms with Crippen LogP contribution in [-0.2, 0) is 5.41 Å². The Morgan fingerprint density at radius 1 is 0.362 bits per heavy atom. The molecule has 0 amide bonds. The van der Waals surface area contributed by atoms with Crippen LogP contribution in [0.1, 0.15) is 89.2 Å². The van der Waals surface area contributed by atoms with Gasteiger partial charge in [-0.25, -0.2) is 0 Å². The molecule has 1 aliphatic carbocycles. The fraction of sp³-hybridized carbons (Fsp3) is 0.228. The molecule has 8 aromatic rings. The van der Waals surface area contributed by atoms with Gasteiger partial charge in [-0.05, 0) is 121 Å². The van der Waals surface area contributed by atoms with Crippen molar-refractivity contribution in [1.82, 2.24) is 0 Å². The van der Waals surface area contributed by atoms with Gasteiger partial charge in [-0.3, -0.25) is 0 Å². The van der Waals surface area contributed by atoms with Crippen molar-refractivity contribution in [2.75, 3.05) is 4.90 Å². The van der Waals surface area contributed by atoms with Crippen LogP contribution in [0.3, 0.4) is 0 Å². The van der Waals surface area contributed by atoms with Gasteiger partial charge < -0.3 is 4.90 Å². The van der Waals surface area contributed by atoms with Crippen molar-refractivity contribution in [2.45, 2.75) is 83.5 Å². The summed E-state index contributed by atoms with van der Waals surface area (Å²) in [6, 6.07) is 65.7. The van der Waals surface area contributed by atoms with E-state index in [0.29, 0.717) is 0 Å². The number of rotatable bonds is 15. The van der Waals surface area contributed by atoms with Crippen molar-refractivity contribution in [1.29, 1.82) is 0 Å². The summed E-state index contributed by atoms with van der Waals surface area (Å²) >= 11 is 0. The summed E-state index contributed by atoms with van der Waals surface area (Å²) in [5.74, 6) is 0. The number of benzene rings is 8. The molecular weight excluding hydrogens is 699 g/mol. The molecule has 0 bridgehead atoms. The number of fused-ring (bicyclic) bond motifs is 5. The lowest BCUT2D eigenvalue weighted by atomic mass is 9.70. The lowest BCUT2D eigenvalue weighted by Crippen LogP contribution is -2.25. The van der Waals surface area contributed by atoms with Gasteiger partial charge in [-0.15, -0.1) is 0 Å². The molecule has 0 N–H and O–H groups in total. The molecule has 0 spiro atoms. The van der Waals surface area contributed by atoms with E-state index in [1.807, 2.05) is 0 Å². The first kappa shape index (κ1) is 37.6. The molecule has 1 heteroatoms. The average molecular weight is 754 g/mol. The molecule has 0 aromatic heterocycles. The molecule has 58 heavy (non-hydrogen) atoms. The van der Waals surface area contributed by atoms with E-state index in [1.54, 1.807) is 11.1 Å². The molecule has 0 atom stereocenters. The summed E-state index contributed by atoms with van der Waals surface area (Å²) in [4.78, 5) is 2.34. The first-order valence-electron chi connectivity index (χ1n) is 21.9. The monoisotopic (exact) mass is 753 g/mol. The summed E-state index contributed by atoms with van der Waals surface area (Å²) in [5, 5.41) is 5.20. The van der Waals surface area contributed by atoms with Crippen LogP contribution in [0.25, 0.3) is 54.9 Å². The van der Waals surface area contributed by atoms with Crippen molar-refractivity contribution in [3.8, 4) is 33.4 Å². The third-order valence-electron chi connectivity index (χ3n) is 12.8. The van der Waals surface area contributed by atoms with Crippen molar-refractivity contribution >= 4 is 38.6 Å². The Labute approximate surface area is 346 Å². The van der Waals surface area contributed by atoms with Crippen LogP contribution < -0.4 is 4.90 Å². The Hall–Kier alpha value is -5.92. The molecule has 1 nitrogen and oxygen atoms in total. The predicted molar refractivity (Wildman–Crippen MR) is 251 cm³/mol. The van der Waals surface area contributed by atoms with E-state index in [-0.39, 0.29) is 5.41 Å². The van der Waals surface area contributed by atoms with Crippen LogP contribution in [0.2, 0.25) is 0 Å². The van der Waals surface area contributed by atoms with Gasteiger partial charge in [0.05, 0.1) is 0 Å². The lowest BCUT2D eigenvalue weighted by Gasteiger charge is -2.33. The third kappa shape index (κ3) is 6.92. The number of anilines is 3. The number of nitrogens with zero attached hydrogens (tertiary/aromatic N) is 1. The topological polar surface area (TPSA) is 3.24 Å². The predicted octanol–water partition coefficient (Wildman–Crippen LogP) is 17.0. The zero-order chi connectivity index (χ0) is 39.3. The first-order valence-corrected chi connectivity index (χ1v) is 21.9. The SMILES string of the molecule is CCCCCCC1(CCCCCC)c2ccccc2-c2ccc(-c3c4ccccc4c(-c4ccc(N(c5ccccc5)c5ccccc5)cc4)c4ccccc34)cc21. The summed E-state index contributed by atoms with van der Waals surface area (Å²) in [6.45, 7) is 4.65. The van der Waals surface area contributed by atoms with Crippen LogP contribution in [-0.4, -0.2) is 0 Å². The van der Waals surface area contributed by atoms with E-state index in [9.17, 15) is 0 Å². The molecule has 0 heterocycles. The smallest absolute Gasteiger partial charge is 0.0462 e. The number of para-hydroxylation sites is 2. The zero-order valence-electron chi connectivity index (χ0n) is 34.3. The molecule has 0 radical (unpaired) electrons. The summed E-state index contributed by atoms with van der Waals surface area (Å²) in [5.41, 5.74) is 14.7. The highest BCUT2D eigenvalue weighted by molar-refractivity contribution is 6.21. The van der Waals surface area contributed by atoms with Gasteiger partial charge in [0.2, 0.25) is 0 Å². The largest absolute Gasteiger partial charge is 0.311 e. The fourth-order valence-corrected chi connectivity index (χ4v) is 10.1. The maximum Gasteiger partial charge on any atom is 0.0462 e. The number of unbranched alkanes of at least 4 members (excludes halogenated alkanes) is 6. The quantitative estimate of drug-likeness (QED) is 0.0744. The lowest BCUT2D eigenvalue weighted by molar-refractivity contribution is 0.401. The third-order valence-corrected chi connectivity index (χ3v) is 12.8. The second kappa shape index (κ2) is 16.9. The van der Waals surface area contributed by atoms with Crippen LogP contribution in [0.4, 0.5) is 17.1 Å². The van der Waals surface area contributed by atoms with E-state index in [0.717, 1.165) is 17.1 Å². The minimum Gasteiger partial charge on any atom is -0.311 e. The Morgan fingerprint density at radius 3 is 1.33 bits per heavy atom. The Bertz CT molecular complexity index is 2530. The van der Waals surface area contributed by atoms with Crippen LogP contribution >= 0.6 is 0 Å². The minimum absolute atomic E-state index is 0.0457. The van der Waals surface area contributed by atoms with E-state index in [2.05, 4.69) is 195 Å². The van der Waals surface area contributed by atoms with Crippen LogP contribution in [0.15, 0.2) is 176 Å². The zero-order valence-corrected chi connectivity index (χ0v) is 34.3. The van der Waals surface area contributed by atoms with Crippen molar-refractivity contribution < 1.29 is 0 Å². The van der Waals surface area contributed by atoms with Crippen molar-refractivity contribution in [2.24, 2.45) is 0 Å². The van der Waals surface area contributed by atoms with E-state index in [4.69, 9.17) is 0 Å². The summed E-state index contributed by atoms with van der Waals surface area (Å²) in [6.07, 6.45) is 12.7. The molecule has 9 rings (SSSR count). The van der Waals surface area contributed by atoms with Gasteiger partial charge in [0.1, 0.15) is 0 Å². The van der Waals surface area contributed by atoms with E-state index < -0.39 is 0 Å². The van der Waals surface area contributed by atoms with Gasteiger partial charge in [0.25, 0.3) is 0 Å². The maximum atomic E-state index is 2.62. The van der Waals surface area contributed by atoms with Crippen LogP contribution in [0, 0.1) is 0 Å². The highest BCUT2D eigenvalue weighted by atomic mass is 15.1. The highest BCUT2D eigenvalue weighted by Gasteiger charge is 2.42. The van der Waals surface area contributed by atoms with Gasteiger partial charge >= 0.3 is 0 Å². The first-order chi connectivity index (χ1) is 28.7. The summed E-state index contributed by atoms with van der Waals surface area (Å²) in [7, 11) is 0. The van der Waals surface area contributed by atoms with Crippen molar-refractivity contribution in [3.05, 3.63) is 187 Å². The van der Waals surface area contributed by atoms with Gasteiger partial charge in [0.15, 0.2) is 0 Å². The number of hydrogen-bond donors (Lipinski definition) is 0. The standard InChI is InChI=1S/C57H55N/c1-3-5-7-21-39-57(40-22-8-6-4-2)53-32-20-19-27-47(53)48-38-35-43(41-54(48)57)56-51-30-17-15-28-49(51)55(50-29-16-18-31-52(50)56)42-33-36-46(37-34-42)58(44-23-11-9-12-24-44)45-25-13-10-14-26-45/h9-20,23-38,41H,3-8,21-22,39-40H2,1-2H3. The molecule has 0 aliphatic heterocycles. The Kier molecular flexibility index (Phi) is 11.0. The number of hydrogen-bond acceptors (Lipinski definition) is 1.